The summed E-state index contributed by atoms with van der Waals surface area (Å²) < 4.78 is 5.28. The lowest BCUT2D eigenvalue weighted by Crippen LogP contribution is -2.29. The third kappa shape index (κ3) is 4.54. The molecule has 0 bridgehead atoms. The van der Waals surface area contributed by atoms with Crippen molar-refractivity contribution >= 4 is 17.2 Å². The van der Waals surface area contributed by atoms with Crippen molar-refractivity contribution in [2.45, 2.75) is 39.0 Å². The molecule has 0 aliphatic carbocycles. The molecule has 1 saturated heterocycles. The van der Waals surface area contributed by atoms with E-state index in [4.69, 9.17) is 4.74 Å². The summed E-state index contributed by atoms with van der Waals surface area (Å²) in [6, 6.07) is 0. The molecule has 106 valence electrons. The molecule has 1 N–H and O–H groups in total. The first-order valence-electron chi connectivity index (χ1n) is 6.98. The van der Waals surface area contributed by atoms with Crippen LogP contribution in [0.15, 0.2) is 0 Å². The van der Waals surface area contributed by atoms with Crippen LogP contribution in [0.1, 0.15) is 47.4 Å². The Bertz CT molecular complexity index is 402. The summed E-state index contributed by atoms with van der Waals surface area (Å²) >= 11 is 1.41. The molecule has 0 saturated carbocycles. The van der Waals surface area contributed by atoms with Gasteiger partial charge in [0.1, 0.15) is 5.01 Å². The first-order valence-corrected chi connectivity index (χ1v) is 7.79. The predicted octanol–water partition coefficient (Wildman–Crippen LogP) is 2.04. The zero-order valence-corrected chi connectivity index (χ0v) is 12.2. The number of aromatic nitrogens is 2. The number of rotatable bonds is 7. The van der Waals surface area contributed by atoms with E-state index in [1.807, 2.05) is 0 Å². The summed E-state index contributed by atoms with van der Waals surface area (Å²) in [5.74, 6) is 0.340. The largest absolute Gasteiger partial charge is 0.381 e. The minimum Gasteiger partial charge on any atom is -0.381 e. The Morgan fingerprint density at radius 3 is 3.11 bits per heavy atom. The number of amides is 1. The number of carbonyl (C=O) groups is 1. The third-order valence-corrected chi connectivity index (χ3v) is 4.21. The van der Waals surface area contributed by atoms with Gasteiger partial charge in [0, 0.05) is 25.5 Å². The van der Waals surface area contributed by atoms with Crippen LogP contribution in [0.5, 0.6) is 0 Å². The molecule has 1 aliphatic heterocycles. The number of unbranched alkanes of at least 4 members (excludes halogenated alkanes) is 2. The average Bonchev–Trinajstić information content (AvgIpc) is 3.07. The minimum atomic E-state index is -0.105. The van der Waals surface area contributed by atoms with Gasteiger partial charge in [-0.05, 0) is 12.8 Å². The lowest BCUT2D eigenvalue weighted by molar-refractivity contribution is 0.0944. The van der Waals surface area contributed by atoms with Crippen molar-refractivity contribution in [1.29, 1.82) is 0 Å². The SMILES string of the molecule is CCCCCc1nnc(C(=O)NCC2CCOC2)s1. The fourth-order valence-corrected chi connectivity index (χ4v) is 2.83. The molecule has 1 unspecified atom stereocenters. The van der Waals surface area contributed by atoms with Gasteiger partial charge in [0.15, 0.2) is 0 Å². The topological polar surface area (TPSA) is 64.1 Å². The normalized spacial score (nSPS) is 18.7. The van der Waals surface area contributed by atoms with E-state index in [1.165, 1.54) is 24.2 Å². The molecule has 6 heteroatoms. The van der Waals surface area contributed by atoms with E-state index in [-0.39, 0.29) is 5.91 Å². The second-order valence-corrected chi connectivity index (χ2v) is 5.96. The molecule has 0 spiro atoms. The van der Waals surface area contributed by atoms with Crippen LogP contribution < -0.4 is 5.32 Å². The van der Waals surface area contributed by atoms with Crippen molar-refractivity contribution in [3.63, 3.8) is 0 Å². The van der Waals surface area contributed by atoms with E-state index < -0.39 is 0 Å². The Labute approximate surface area is 117 Å². The highest BCUT2D eigenvalue weighted by Gasteiger charge is 2.18. The maximum Gasteiger partial charge on any atom is 0.282 e. The van der Waals surface area contributed by atoms with E-state index in [2.05, 4.69) is 22.4 Å². The molecule has 1 aromatic rings. The molecule has 1 aromatic heterocycles. The highest BCUT2D eigenvalue weighted by molar-refractivity contribution is 7.13. The van der Waals surface area contributed by atoms with Crippen LogP contribution in [-0.2, 0) is 11.2 Å². The first kappa shape index (κ1) is 14.4. The van der Waals surface area contributed by atoms with Gasteiger partial charge in [-0.1, -0.05) is 31.1 Å². The van der Waals surface area contributed by atoms with E-state index in [9.17, 15) is 4.79 Å². The van der Waals surface area contributed by atoms with Gasteiger partial charge in [0.25, 0.3) is 5.91 Å². The van der Waals surface area contributed by atoms with E-state index in [1.54, 1.807) is 0 Å². The highest BCUT2D eigenvalue weighted by atomic mass is 32.1. The first-order chi connectivity index (χ1) is 9.29. The maximum absolute atomic E-state index is 11.9. The number of aryl methyl sites for hydroxylation is 1. The van der Waals surface area contributed by atoms with Gasteiger partial charge in [-0.15, -0.1) is 10.2 Å². The second-order valence-electron chi connectivity index (χ2n) is 4.90. The summed E-state index contributed by atoms with van der Waals surface area (Å²) in [6.45, 7) is 4.40. The number of nitrogens with zero attached hydrogens (tertiary/aromatic N) is 2. The molecule has 19 heavy (non-hydrogen) atoms. The van der Waals surface area contributed by atoms with Gasteiger partial charge in [0.05, 0.1) is 6.61 Å². The van der Waals surface area contributed by atoms with Gasteiger partial charge in [0.2, 0.25) is 5.01 Å². The fraction of sp³-hybridized carbons (Fsp3) is 0.769. The van der Waals surface area contributed by atoms with Crippen LogP contribution in [-0.4, -0.2) is 35.9 Å². The van der Waals surface area contributed by atoms with Gasteiger partial charge in [-0.2, -0.15) is 0 Å². The predicted molar refractivity (Wildman–Crippen MR) is 74.4 cm³/mol. The molecule has 1 aliphatic rings. The summed E-state index contributed by atoms with van der Waals surface area (Å²) in [4.78, 5) is 11.9. The number of hydrogen-bond acceptors (Lipinski definition) is 5. The molecule has 1 atom stereocenters. The maximum atomic E-state index is 11.9. The van der Waals surface area contributed by atoms with Crippen molar-refractivity contribution < 1.29 is 9.53 Å². The molecule has 0 aromatic carbocycles. The Balaban J connectivity index is 1.75. The molecule has 1 fully saturated rings. The van der Waals surface area contributed by atoms with E-state index in [0.29, 0.717) is 17.5 Å². The monoisotopic (exact) mass is 283 g/mol. The zero-order chi connectivity index (χ0) is 13.5. The van der Waals surface area contributed by atoms with Gasteiger partial charge < -0.3 is 10.1 Å². The van der Waals surface area contributed by atoms with E-state index in [0.717, 1.165) is 37.5 Å². The van der Waals surface area contributed by atoms with Gasteiger partial charge in [-0.3, -0.25) is 4.79 Å². The van der Waals surface area contributed by atoms with Crippen LogP contribution in [0, 0.1) is 5.92 Å². The smallest absolute Gasteiger partial charge is 0.282 e. The highest BCUT2D eigenvalue weighted by Crippen LogP contribution is 2.14. The number of ether oxygens (including phenoxy) is 1. The van der Waals surface area contributed by atoms with Gasteiger partial charge in [-0.25, -0.2) is 0 Å². The lowest BCUT2D eigenvalue weighted by Gasteiger charge is -2.07. The Hall–Kier alpha value is -1.01. The standard InChI is InChI=1S/C13H21N3O2S/c1-2-3-4-5-11-15-16-13(19-11)12(17)14-8-10-6-7-18-9-10/h10H,2-9H2,1H3,(H,14,17). The summed E-state index contributed by atoms with van der Waals surface area (Å²) in [7, 11) is 0. The van der Waals surface area contributed by atoms with Crippen molar-refractivity contribution in [3.8, 4) is 0 Å². The molecule has 0 radical (unpaired) electrons. The van der Waals surface area contributed by atoms with Crippen molar-refractivity contribution in [1.82, 2.24) is 15.5 Å². The van der Waals surface area contributed by atoms with Crippen molar-refractivity contribution in [3.05, 3.63) is 10.0 Å². The Kier molecular flexibility index (Phi) is 5.72. The average molecular weight is 283 g/mol. The van der Waals surface area contributed by atoms with Crippen LogP contribution in [0.25, 0.3) is 0 Å². The van der Waals surface area contributed by atoms with Crippen LogP contribution in [0.4, 0.5) is 0 Å². The zero-order valence-electron chi connectivity index (χ0n) is 11.4. The van der Waals surface area contributed by atoms with Crippen molar-refractivity contribution in [2.24, 2.45) is 5.92 Å². The molecule has 2 heterocycles. The molecule has 1 amide bonds. The van der Waals surface area contributed by atoms with Crippen molar-refractivity contribution in [2.75, 3.05) is 19.8 Å². The summed E-state index contributed by atoms with van der Waals surface area (Å²) in [5, 5.41) is 12.4. The molecular weight excluding hydrogens is 262 g/mol. The molecule has 2 rings (SSSR count). The Morgan fingerprint density at radius 2 is 2.37 bits per heavy atom. The number of hydrogen-bond donors (Lipinski definition) is 1. The third-order valence-electron chi connectivity index (χ3n) is 3.23. The van der Waals surface area contributed by atoms with Crippen LogP contribution >= 0.6 is 11.3 Å². The molecular formula is C13H21N3O2S. The van der Waals surface area contributed by atoms with Crippen LogP contribution in [0.2, 0.25) is 0 Å². The lowest BCUT2D eigenvalue weighted by atomic mass is 10.1. The number of nitrogens with one attached hydrogen (secondary N) is 1. The summed E-state index contributed by atoms with van der Waals surface area (Å²) in [5.41, 5.74) is 0. The molecule has 5 nitrogen and oxygen atoms in total. The van der Waals surface area contributed by atoms with Crippen LogP contribution in [0.3, 0.4) is 0 Å². The second kappa shape index (κ2) is 7.55. The quantitative estimate of drug-likeness (QED) is 0.778. The van der Waals surface area contributed by atoms with E-state index >= 15 is 0 Å². The van der Waals surface area contributed by atoms with Gasteiger partial charge >= 0.3 is 0 Å². The minimum absolute atomic E-state index is 0.105. The number of carbonyl (C=O) groups excluding carboxylic acids is 1. The fourth-order valence-electron chi connectivity index (χ4n) is 2.03. The summed E-state index contributed by atoms with van der Waals surface area (Å²) in [6.07, 6.45) is 5.46. The Morgan fingerprint density at radius 1 is 1.47 bits per heavy atom.